The number of ether oxygens (including phenoxy) is 3. The van der Waals surface area contributed by atoms with Crippen LogP contribution in [-0.4, -0.2) is 37.9 Å². The van der Waals surface area contributed by atoms with Gasteiger partial charge in [0, 0.05) is 35.3 Å². The Balaban J connectivity index is 1.34. The number of esters is 1. The lowest BCUT2D eigenvalue weighted by atomic mass is 9.81. The molecule has 0 spiro atoms. The number of aryl methyl sites for hydroxylation is 1. The molecule has 264 valence electrons. The highest BCUT2D eigenvalue weighted by atomic mass is 19.1. The first-order chi connectivity index (χ1) is 24.9. The number of amides is 1. The number of aromatic amines is 1. The molecule has 14 nitrogen and oxygen atoms in total. The standard InChI is InChI=1S/C37H30FN5O9/c1-4-37(52-36(47)51-21-10-8-20(9-11-21)43(48)49)24-15-29(42-33(44)23(24)17-50-35(37)46)32-19(3)30-26(41-34(45)27-7-5-6-14-39-27)13-12-22-18(2)25(38)16-28(40-32)31(22)30/h5-11,14-16,26H,4,12-13,17H2,1-3H3,(H,41,45)(H,42,44). The maximum Gasteiger partial charge on any atom is 0.515 e. The highest BCUT2D eigenvalue weighted by Gasteiger charge is 2.50. The van der Waals surface area contributed by atoms with E-state index in [-0.39, 0.29) is 46.1 Å². The van der Waals surface area contributed by atoms with Crippen molar-refractivity contribution in [3.63, 3.8) is 0 Å². The number of nitro groups is 1. The van der Waals surface area contributed by atoms with Crippen molar-refractivity contribution in [3.8, 4) is 17.1 Å². The van der Waals surface area contributed by atoms with E-state index in [1.807, 2.05) is 0 Å². The van der Waals surface area contributed by atoms with Crippen LogP contribution in [0.2, 0.25) is 0 Å². The number of hydrogen-bond donors (Lipinski definition) is 2. The molecule has 0 fully saturated rings. The number of non-ortho nitro benzene ring substituents is 1. The van der Waals surface area contributed by atoms with E-state index in [4.69, 9.17) is 19.2 Å². The zero-order valence-electron chi connectivity index (χ0n) is 28.1. The largest absolute Gasteiger partial charge is 0.515 e. The first-order valence-corrected chi connectivity index (χ1v) is 16.4. The molecule has 3 aromatic heterocycles. The monoisotopic (exact) mass is 707 g/mol. The average molecular weight is 708 g/mol. The lowest BCUT2D eigenvalue weighted by molar-refractivity contribution is -0.384. The number of halogens is 1. The van der Waals surface area contributed by atoms with Gasteiger partial charge >= 0.3 is 12.1 Å². The number of benzene rings is 2. The van der Waals surface area contributed by atoms with Crippen molar-refractivity contribution in [2.24, 2.45) is 0 Å². The Morgan fingerprint density at radius 2 is 1.88 bits per heavy atom. The van der Waals surface area contributed by atoms with Gasteiger partial charge in [-0.15, -0.1) is 0 Å². The molecule has 4 heterocycles. The summed E-state index contributed by atoms with van der Waals surface area (Å²) in [5, 5.41) is 14.8. The van der Waals surface area contributed by atoms with Gasteiger partial charge in [0.05, 0.1) is 33.4 Å². The van der Waals surface area contributed by atoms with Crippen LogP contribution in [0.5, 0.6) is 5.75 Å². The Labute approximate surface area is 294 Å². The van der Waals surface area contributed by atoms with Crippen LogP contribution >= 0.6 is 0 Å². The number of hydrogen-bond acceptors (Lipinski definition) is 11. The van der Waals surface area contributed by atoms with Crippen molar-refractivity contribution in [3.05, 3.63) is 126 Å². The number of pyridine rings is 3. The van der Waals surface area contributed by atoms with Gasteiger partial charge in [-0.2, -0.15) is 0 Å². The number of nitrogens with one attached hydrogen (secondary N) is 2. The number of carbonyl (C=O) groups excluding carboxylic acids is 3. The van der Waals surface area contributed by atoms with Gasteiger partial charge in [-0.05, 0) is 85.7 Å². The van der Waals surface area contributed by atoms with E-state index in [0.29, 0.717) is 40.4 Å². The normalized spacial score (nSPS) is 17.5. The van der Waals surface area contributed by atoms with Crippen molar-refractivity contribution >= 4 is 34.6 Å². The zero-order valence-corrected chi connectivity index (χ0v) is 28.1. The molecule has 1 aliphatic carbocycles. The number of cyclic esters (lactones) is 1. The second kappa shape index (κ2) is 13.0. The molecular formula is C37H30FN5O9. The molecule has 52 heavy (non-hydrogen) atoms. The van der Waals surface area contributed by atoms with Crippen molar-refractivity contribution in [1.29, 1.82) is 0 Å². The molecule has 0 saturated heterocycles. The first kappa shape index (κ1) is 34.0. The minimum atomic E-state index is -2.12. The number of aromatic nitrogens is 3. The van der Waals surface area contributed by atoms with Gasteiger partial charge in [0.1, 0.15) is 23.9 Å². The smallest absolute Gasteiger partial charge is 0.457 e. The van der Waals surface area contributed by atoms with Crippen LogP contribution in [0.1, 0.15) is 69.7 Å². The van der Waals surface area contributed by atoms with Crippen LogP contribution < -0.4 is 15.6 Å². The van der Waals surface area contributed by atoms with E-state index < -0.39 is 52.6 Å². The molecule has 2 aromatic carbocycles. The van der Waals surface area contributed by atoms with Crippen LogP contribution in [0.3, 0.4) is 0 Å². The zero-order chi connectivity index (χ0) is 36.9. The van der Waals surface area contributed by atoms with Crippen molar-refractivity contribution in [2.75, 3.05) is 0 Å². The molecule has 2 aliphatic rings. The lowest BCUT2D eigenvalue weighted by Gasteiger charge is -2.35. The Morgan fingerprint density at radius 1 is 1.12 bits per heavy atom. The van der Waals surface area contributed by atoms with Gasteiger partial charge in [0.25, 0.3) is 17.2 Å². The third kappa shape index (κ3) is 5.69. The summed E-state index contributed by atoms with van der Waals surface area (Å²) >= 11 is 0. The molecule has 0 bridgehead atoms. The van der Waals surface area contributed by atoms with Gasteiger partial charge in [0.2, 0.25) is 5.60 Å². The Hall–Kier alpha value is -6.51. The van der Waals surface area contributed by atoms with E-state index in [2.05, 4.69) is 15.3 Å². The maximum absolute atomic E-state index is 15.3. The van der Waals surface area contributed by atoms with Crippen molar-refractivity contribution < 1.29 is 37.9 Å². The second-order valence-corrected chi connectivity index (χ2v) is 12.5. The molecule has 2 atom stereocenters. The molecule has 2 unspecified atom stereocenters. The van der Waals surface area contributed by atoms with Gasteiger partial charge in [-0.25, -0.2) is 19.0 Å². The lowest BCUT2D eigenvalue weighted by Crippen LogP contribution is -2.47. The van der Waals surface area contributed by atoms with E-state index in [1.54, 1.807) is 39.0 Å². The van der Waals surface area contributed by atoms with Gasteiger partial charge in [-0.3, -0.25) is 24.7 Å². The predicted octanol–water partition coefficient (Wildman–Crippen LogP) is 5.94. The van der Waals surface area contributed by atoms with Crippen molar-refractivity contribution in [2.45, 2.75) is 58.3 Å². The SMILES string of the molecule is CCC1(OC(=O)Oc2ccc([N+](=O)[O-])cc2)C(=O)OCc2c1cc(-c1nc3cc(F)c(C)c4c3c(c1C)C(NC(=O)c1ccccn1)CC4)[nH]c2=O. The molecule has 5 aromatic rings. The summed E-state index contributed by atoms with van der Waals surface area (Å²) < 4.78 is 31.5. The molecule has 7 rings (SSSR count). The maximum atomic E-state index is 15.3. The number of nitrogens with zero attached hydrogens (tertiary/aromatic N) is 3. The predicted molar refractivity (Wildman–Crippen MR) is 182 cm³/mol. The summed E-state index contributed by atoms with van der Waals surface area (Å²) in [5.74, 6) is -1.89. The summed E-state index contributed by atoms with van der Waals surface area (Å²) in [7, 11) is 0. The molecule has 15 heteroatoms. The summed E-state index contributed by atoms with van der Waals surface area (Å²) in [5.41, 5.74) is 0.490. The fourth-order valence-electron chi connectivity index (χ4n) is 6.99. The number of nitro benzene ring substituents is 1. The molecule has 0 radical (unpaired) electrons. The van der Waals surface area contributed by atoms with E-state index in [9.17, 15) is 29.3 Å². The highest BCUT2D eigenvalue weighted by molar-refractivity contribution is 5.95. The number of H-pyrrole nitrogens is 1. The Bertz CT molecular complexity index is 2380. The molecular weight excluding hydrogens is 677 g/mol. The van der Waals surface area contributed by atoms with Crippen LogP contribution in [-0.2, 0) is 32.9 Å². The molecule has 1 amide bonds. The third-order valence-corrected chi connectivity index (χ3v) is 9.64. The fourth-order valence-corrected chi connectivity index (χ4v) is 6.99. The average Bonchev–Trinajstić information content (AvgIpc) is 3.13. The van der Waals surface area contributed by atoms with Crippen LogP contribution in [0, 0.1) is 29.8 Å². The third-order valence-electron chi connectivity index (χ3n) is 9.64. The summed E-state index contributed by atoms with van der Waals surface area (Å²) in [4.78, 5) is 75.7. The van der Waals surface area contributed by atoms with Gasteiger partial charge < -0.3 is 24.5 Å². The molecule has 2 N–H and O–H groups in total. The van der Waals surface area contributed by atoms with E-state index in [1.165, 1.54) is 30.5 Å². The highest BCUT2D eigenvalue weighted by Crippen LogP contribution is 2.43. The minimum absolute atomic E-state index is 0.0255. The van der Waals surface area contributed by atoms with Gasteiger partial charge in [0.15, 0.2) is 0 Å². The first-order valence-electron chi connectivity index (χ1n) is 16.4. The molecule has 1 aliphatic heterocycles. The van der Waals surface area contributed by atoms with Crippen LogP contribution in [0.25, 0.3) is 22.3 Å². The number of carbonyl (C=O) groups is 3. The summed E-state index contributed by atoms with van der Waals surface area (Å²) in [6.45, 7) is 4.63. The summed E-state index contributed by atoms with van der Waals surface area (Å²) in [6.07, 6.45) is 0.956. The Morgan fingerprint density at radius 3 is 2.58 bits per heavy atom. The topological polar surface area (TPSA) is 193 Å². The van der Waals surface area contributed by atoms with E-state index in [0.717, 1.165) is 17.7 Å². The van der Waals surface area contributed by atoms with Crippen molar-refractivity contribution in [1.82, 2.24) is 20.3 Å². The van der Waals surface area contributed by atoms with Gasteiger partial charge in [-0.1, -0.05) is 13.0 Å². The quantitative estimate of drug-likeness (QED) is 0.0880. The fraction of sp³-hybridized carbons (Fsp3) is 0.243. The number of fused-ring (bicyclic) bond motifs is 1. The van der Waals surface area contributed by atoms with E-state index >= 15 is 4.39 Å². The van der Waals surface area contributed by atoms with Crippen LogP contribution in [0.4, 0.5) is 14.9 Å². The number of rotatable bonds is 7. The summed E-state index contributed by atoms with van der Waals surface area (Å²) in [6, 6.07) is 11.9. The minimum Gasteiger partial charge on any atom is -0.457 e. The molecule has 0 saturated carbocycles. The second-order valence-electron chi connectivity index (χ2n) is 12.5. The Kier molecular flexibility index (Phi) is 8.48. The van der Waals surface area contributed by atoms with Crippen LogP contribution in [0.15, 0.2) is 65.6 Å².